The van der Waals surface area contributed by atoms with Crippen LogP contribution in [0.2, 0.25) is 0 Å². The fourth-order valence-electron chi connectivity index (χ4n) is 6.02. The van der Waals surface area contributed by atoms with Gasteiger partial charge in [0, 0.05) is 35.8 Å². The summed E-state index contributed by atoms with van der Waals surface area (Å²) in [5.41, 5.74) is 0.452. The molecule has 12 heteroatoms. The molecular formula is C41H38FN3O8. The summed E-state index contributed by atoms with van der Waals surface area (Å²) in [5.74, 6) is 0.872. The summed E-state index contributed by atoms with van der Waals surface area (Å²) >= 11 is 0. The molecule has 1 heterocycles. The number of benzene rings is 4. The highest BCUT2D eigenvalue weighted by molar-refractivity contribution is 6.14. The van der Waals surface area contributed by atoms with Crippen LogP contribution in [0.1, 0.15) is 36.8 Å². The van der Waals surface area contributed by atoms with Crippen LogP contribution < -0.4 is 29.6 Å². The number of nitrogens with zero attached hydrogens (tertiary/aromatic N) is 1. The van der Waals surface area contributed by atoms with E-state index < -0.39 is 22.9 Å². The molecule has 0 spiro atoms. The zero-order valence-electron chi connectivity index (χ0n) is 29.3. The molecule has 4 aromatic carbocycles. The van der Waals surface area contributed by atoms with Gasteiger partial charge in [-0.05, 0) is 79.3 Å². The van der Waals surface area contributed by atoms with Crippen LogP contribution in [0.4, 0.5) is 14.9 Å². The summed E-state index contributed by atoms with van der Waals surface area (Å²) in [4.78, 5) is 43.2. The van der Waals surface area contributed by atoms with Crippen molar-refractivity contribution in [3.05, 3.63) is 114 Å². The van der Waals surface area contributed by atoms with Crippen LogP contribution in [0.15, 0.2) is 97.2 Å². The van der Waals surface area contributed by atoms with E-state index in [9.17, 15) is 14.4 Å². The number of hydrogen-bond acceptors (Lipinski definition) is 9. The highest BCUT2D eigenvalue weighted by atomic mass is 19.1. The van der Waals surface area contributed by atoms with Crippen LogP contribution in [0, 0.1) is 11.2 Å². The minimum atomic E-state index is -1.14. The van der Waals surface area contributed by atoms with Crippen molar-refractivity contribution in [1.29, 1.82) is 0 Å². The Morgan fingerprint density at radius 1 is 0.811 bits per heavy atom. The minimum Gasteiger partial charge on any atom is -0.497 e. The number of amides is 2. The van der Waals surface area contributed by atoms with Gasteiger partial charge < -0.3 is 34.3 Å². The second kappa shape index (κ2) is 14.8. The molecule has 2 aliphatic rings. The van der Waals surface area contributed by atoms with Crippen LogP contribution in [-0.4, -0.2) is 49.1 Å². The first-order valence-corrected chi connectivity index (χ1v) is 17.2. The molecule has 53 heavy (non-hydrogen) atoms. The number of hydrogen-bond donors (Lipinski definition) is 2. The van der Waals surface area contributed by atoms with E-state index in [4.69, 9.17) is 23.7 Å². The van der Waals surface area contributed by atoms with E-state index in [1.165, 1.54) is 19.2 Å². The van der Waals surface area contributed by atoms with E-state index in [0.717, 1.165) is 24.2 Å². The molecule has 2 saturated carbocycles. The lowest BCUT2D eigenvalue weighted by Gasteiger charge is -2.20. The number of fused-ring (bicyclic) bond motifs is 1. The topological polar surface area (TPSA) is 134 Å². The van der Waals surface area contributed by atoms with Gasteiger partial charge in [0.15, 0.2) is 17.3 Å². The number of ketones is 1. The minimum absolute atomic E-state index is 0.119. The quantitative estimate of drug-likeness (QED) is 0.105. The average molecular weight is 720 g/mol. The van der Waals surface area contributed by atoms with Crippen LogP contribution >= 0.6 is 0 Å². The molecular weight excluding hydrogens is 681 g/mol. The van der Waals surface area contributed by atoms with Gasteiger partial charge in [0.05, 0.1) is 25.3 Å². The second-order valence-electron chi connectivity index (χ2n) is 13.3. The summed E-state index contributed by atoms with van der Waals surface area (Å²) in [5, 5.41) is 6.33. The first-order chi connectivity index (χ1) is 25.7. The lowest BCUT2D eigenvalue weighted by molar-refractivity contribution is -0.132. The summed E-state index contributed by atoms with van der Waals surface area (Å²) in [7, 11) is 3.10. The van der Waals surface area contributed by atoms with Gasteiger partial charge in [0.25, 0.3) is 0 Å². The molecule has 2 N–H and O–H groups in total. The normalized spacial score (nSPS) is 14.8. The number of alkyl carbamates (subject to hydrolysis) is 1. The molecule has 11 nitrogen and oxygen atoms in total. The SMILES string of the molecule is COc1ccc(COC(=O)NC2(COc3cc4nccc(Oc5ccc(CC(=O)C6(C(=O)Nc7ccccc7)CC6)c(F)c5)c4cc3OC)CC2)cc1. The maximum atomic E-state index is 15.3. The number of ether oxygens (including phenoxy) is 5. The number of carbonyl (C=O) groups excluding carboxylic acids is 3. The van der Waals surface area contributed by atoms with Gasteiger partial charge in [-0.1, -0.05) is 36.4 Å². The molecule has 7 rings (SSSR count). The van der Waals surface area contributed by atoms with Crippen molar-refractivity contribution in [2.45, 2.75) is 44.2 Å². The number of aromatic nitrogens is 1. The summed E-state index contributed by atoms with van der Waals surface area (Å²) in [6, 6.07) is 25.6. The number of Topliss-reactive ketones (excluding diaryl/α,β-unsaturated/α-hetero) is 1. The molecule has 0 atom stereocenters. The molecule has 2 fully saturated rings. The Balaban J connectivity index is 0.975. The van der Waals surface area contributed by atoms with Crippen molar-refractivity contribution in [2.24, 2.45) is 5.41 Å². The molecule has 272 valence electrons. The maximum Gasteiger partial charge on any atom is 0.408 e. The fraction of sp³-hybridized carbons (Fsp3) is 0.268. The van der Waals surface area contributed by atoms with Gasteiger partial charge in [-0.15, -0.1) is 0 Å². The third kappa shape index (κ3) is 8.01. The largest absolute Gasteiger partial charge is 0.497 e. The van der Waals surface area contributed by atoms with Crippen LogP contribution in [0.5, 0.6) is 28.7 Å². The standard InChI is InChI=1S/C41H38FN3O8/c1-49-29-11-8-26(9-12-29)24-51-39(48)45-40(15-16-40)25-52-36-23-33-31(22-35(36)50-2)34(14-19-43-33)53-30-13-10-27(32(42)21-30)20-37(46)41(17-18-41)38(47)44-28-6-4-3-5-7-28/h3-14,19,21-23H,15-18,20,24-25H2,1-2H3,(H,44,47)(H,45,48). The first-order valence-electron chi connectivity index (χ1n) is 17.2. The predicted octanol–water partition coefficient (Wildman–Crippen LogP) is 7.55. The number of rotatable bonds is 15. The van der Waals surface area contributed by atoms with Crippen molar-refractivity contribution in [3.8, 4) is 28.7 Å². The van der Waals surface area contributed by atoms with Crippen molar-refractivity contribution in [3.63, 3.8) is 0 Å². The molecule has 0 aliphatic heterocycles. The lowest BCUT2D eigenvalue weighted by atomic mass is 9.93. The van der Waals surface area contributed by atoms with Crippen LogP contribution in [0.25, 0.3) is 10.9 Å². The fourth-order valence-corrected chi connectivity index (χ4v) is 6.02. The average Bonchev–Trinajstić information content (AvgIpc) is 4.12. The van der Waals surface area contributed by atoms with Gasteiger partial charge in [0.2, 0.25) is 5.91 Å². The van der Waals surface area contributed by atoms with E-state index in [-0.39, 0.29) is 42.6 Å². The van der Waals surface area contributed by atoms with E-state index in [2.05, 4.69) is 15.6 Å². The lowest BCUT2D eigenvalue weighted by Crippen LogP contribution is -2.41. The number of carbonyl (C=O) groups is 3. The Labute approximate surface area is 305 Å². The third-order valence-electron chi connectivity index (χ3n) is 9.59. The van der Waals surface area contributed by atoms with Crippen LogP contribution in [0.3, 0.4) is 0 Å². The summed E-state index contributed by atoms with van der Waals surface area (Å²) in [6.07, 6.45) is 3.12. The third-order valence-corrected chi connectivity index (χ3v) is 9.59. The maximum absolute atomic E-state index is 15.3. The van der Waals surface area contributed by atoms with Gasteiger partial charge in [-0.3, -0.25) is 14.6 Å². The van der Waals surface area contributed by atoms with E-state index in [1.54, 1.807) is 74.0 Å². The number of nitrogens with one attached hydrogen (secondary N) is 2. The molecule has 2 amide bonds. The smallest absolute Gasteiger partial charge is 0.408 e. The summed E-state index contributed by atoms with van der Waals surface area (Å²) < 4.78 is 43.8. The van der Waals surface area contributed by atoms with Crippen molar-refractivity contribution >= 4 is 34.4 Å². The number of anilines is 1. The number of halogens is 1. The number of pyridine rings is 1. The summed E-state index contributed by atoms with van der Waals surface area (Å²) in [6.45, 7) is 0.309. The van der Waals surface area contributed by atoms with Gasteiger partial charge in [-0.25, -0.2) is 9.18 Å². The van der Waals surface area contributed by atoms with E-state index in [0.29, 0.717) is 46.7 Å². The molecule has 0 radical (unpaired) electrons. The Morgan fingerprint density at radius 2 is 1.57 bits per heavy atom. The first kappa shape index (κ1) is 35.2. The number of para-hydroxylation sites is 1. The van der Waals surface area contributed by atoms with Gasteiger partial charge in [0.1, 0.15) is 41.7 Å². The van der Waals surface area contributed by atoms with E-state index >= 15 is 4.39 Å². The highest BCUT2D eigenvalue weighted by Gasteiger charge is 2.55. The van der Waals surface area contributed by atoms with Crippen molar-refractivity contribution in [1.82, 2.24) is 10.3 Å². The zero-order valence-corrected chi connectivity index (χ0v) is 29.3. The monoisotopic (exact) mass is 719 g/mol. The highest BCUT2D eigenvalue weighted by Crippen LogP contribution is 2.48. The van der Waals surface area contributed by atoms with Gasteiger partial charge in [-0.2, -0.15) is 0 Å². The van der Waals surface area contributed by atoms with E-state index in [1.807, 2.05) is 18.2 Å². The van der Waals surface area contributed by atoms with Gasteiger partial charge >= 0.3 is 6.09 Å². The molecule has 5 aromatic rings. The molecule has 2 aliphatic carbocycles. The molecule has 0 unspecified atom stereocenters. The second-order valence-corrected chi connectivity index (χ2v) is 13.3. The zero-order chi connectivity index (χ0) is 37.0. The molecule has 0 bridgehead atoms. The predicted molar refractivity (Wildman–Crippen MR) is 194 cm³/mol. The number of methoxy groups -OCH3 is 2. The molecule has 0 saturated heterocycles. The molecule has 1 aromatic heterocycles. The Bertz CT molecular complexity index is 2150. The van der Waals surface area contributed by atoms with Crippen LogP contribution in [-0.2, 0) is 27.4 Å². The van der Waals surface area contributed by atoms with Crippen molar-refractivity contribution < 1.29 is 42.5 Å². The Morgan fingerprint density at radius 3 is 2.25 bits per heavy atom. The Kier molecular flexibility index (Phi) is 9.86. The van der Waals surface area contributed by atoms with Crippen molar-refractivity contribution in [2.75, 3.05) is 26.1 Å². The Hall–Kier alpha value is -6.17.